The van der Waals surface area contributed by atoms with Crippen LogP contribution in [0.15, 0.2) is 12.7 Å². The van der Waals surface area contributed by atoms with Crippen LogP contribution < -0.4 is 5.32 Å². The van der Waals surface area contributed by atoms with Crippen molar-refractivity contribution in [2.45, 2.75) is 90.9 Å². The predicted molar refractivity (Wildman–Crippen MR) is 93.4 cm³/mol. The van der Waals surface area contributed by atoms with E-state index in [-0.39, 0.29) is 11.8 Å². The summed E-state index contributed by atoms with van der Waals surface area (Å²) in [6.07, 6.45) is 16.7. The zero-order chi connectivity index (χ0) is 15.8. The van der Waals surface area contributed by atoms with Crippen LogP contribution in [-0.2, 0) is 4.79 Å². The third-order valence-electron chi connectivity index (χ3n) is 4.10. The molecule has 0 saturated heterocycles. The summed E-state index contributed by atoms with van der Waals surface area (Å²) in [6.45, 7) is 8.73. The summed E-state index contributed by atoms with van der Waals surface area (Å²) in [6, 6.07) is 0. The third-order valence-corrected chi connectivity index (χ3v) is 4.10. The van der Waals surface area contributed by atoms with Crippen molar-refractivity contribution in [3.05, 3.63) is 12.7 Å². The fourth-order valence-corrected chi connectivity index (χ4v) is 2.71. The summed E-state index contributed by atoms with van der Waals surface area (Å²) >= 11 is 0. The van der Waals surface area contributed by atoms with Crippen LogP contribution in [-0.4, -0.2) is 12.5 Å². The van der Waals surface area contributed by atoms with Gasteiger partial charge < -0.3 is 5.32 Å². The molecule has 1 atom stereocenters. The van der Waals surface area contributed by atoms with Crippen LogP contribution in [0, 0.1) is 5.92 Å². The molecular formula is C19H37NO. The molecule has 0 aromatic rings. The first kappa shape index (κ1) is 20.2. The summed E-state index contributed by atoms with van der Waals surface area (Å²) in [5.74, 6) is 0.448. The fourth-order valence-electron chi connectivity index (χ4n) is 2.71. The number of carbonyl (C=O) groups is 1. The lowest BCUT2D eigenvalue weighted by atomic mass is 9.93. The molecule has 0 radical (unpaired) electrons. The quantitative estimate of drug-likeness (QED) is 0.308. The van der Waals surface area contributed by atoms with Gasteiger partial charge in [-0.2, -0.15) is 0 Å². The van der Waals surface area contributed by atoms with Crippen LogP contribution in [0.2, 0.25) is 0 Å². The average molecular weight is 296 g/mol. The summed E-state index contributed by atoms with van der Waals surface area (Å²) in [5.41, 5.74) is 0. The normalized spacial score (nSPS) is 12.1. The van der Waals surface area contributed by atoms with Gasteiger partial charge in [0, 0.05) is 12.5 Å². The highest BCUT2D eigenvalue weighted by Crippen LogP contribution is 2.18. The number of rotatable bonds is 15. The number of hydrogen-bond acceptors (Lipinski definition) is 1. The summed E-state index contributed by atoms with van der Waals surface area (Å²) in [4.78, 5) is 12.1. The number of hydrogen-bond donors (Lipinski definition) is 1. The van der Waals surface area contributed by atoms with Crippen molar-refractivity contribution in [2.24, 2.45) is 5.92 Å². The molecule has 0 heterocycles. The maximum atomic E-state index is 12.1. The molecule has 124 valence electrons. The molecule has 0 aliphatic carbocycles. The van der Waals surface area contributed by atoms with E-state index < -0.39 is 0 Å². The first-order valence-corrected chi connectivity index (χ1v) is 9.14. The van der Waals surface area contributed by atoms with Gasteiger partial charge in [-0.15, -0.1) is 6.58 Å². The second-order valence-electron chi connectivity index (χ2n) is 6.14. The molecule has 0 unspecified atom stereocenters. The minimum atomic E-state index is 0.215. The number of unbranched alkanes of at least 4 members (excludes halogenated alkanes) is 8. The van der Waals surface area contributed by atoms with Crippen LogP contribution in [0.5, 0.6) is 0 Å². The number of amides is 1. The van der Waals surface area contributed by atoms with Gasteiger partial charge in [-0.25, -0.2) is 0 Å². The Labute approximate surface area is 132 Å². The zero-order valence-electron chi connectivity index (χ0n) is 14.5. The molecule has 0 aliphatic rings. The van der Waals surface area contributed by atoms with E-state index in [4.69, 9.17) is 0 Å². The molecule has 1 N–H and O–H groups in total. The van der Waals surface area contributed by atoms with Crippen molar-refractivity contribution in [3.8, 4) is 0 Å². The van der Waals surface area contributed by atoms with Crippen molar-refractivity contribution >= 4 is 5.91 Å². The zero-order valence-corrected chi connectivity index (χ0v) is 14.5. The molecule has 2 heteroatoms. The van der Waals surface area contributed by atoms with Gasteiger partial charge in [0.2, 0.25) is 5.91 Å². The smallest absolute Gasteiger partial charge is 0.223 e. The standard InChI is InChI=1S/C19H37NO/c1-4-7-9-10-11-12-14-16-18(15-13-8-5-2)19(21)20-17-6-3/h6,18H,3-5,7-17H2,1-2H3,(H,20,21)/t18-/m1/s1. The van der Waals surface area contributed by atoms with Gasteiger partial charge in [-0.3, -0.25) is 4.79 Å². The van der Waals surface area contributed by atoms with E-state index >= 15 is 0 Å². The molecule has 0 saturated carbocycles. The van der Waals surface area contributed by atoms with Crippen molar-refractivity contribution in [1.82, 2.24) is 5.32 Å². The van der Waals surface area contributed by atoms with E-state index in [1.807, 2.05) is 0 Å². The lowest BCUT2D eigenvalue weighted by Crippen LogP contribution is -2.30. The largest absolute Gasteiger partial charge is 0.352 e. The Morgan fingerprint density at radius 2 is 1.38 bits per heavy atom. The van der Waals surface area contributed by atoms with E-state index in [0.29, 0.717) is 6.54 Å². The monoisotopic (exact) mass is 295 g/mol. The highest BCUT2D eigenvalue weighted by atomic mass is 16.1. The Morgan fingerprint density at radius 1 is 0.905 bits per heavy atom. The van der Waals surface area contributed by atoms with Gasteiger partial charge >= 0.3 is 0 Å². The highest BCUT2D eigenvalue weighted by Gasteiger charge is 2.16. The first-order valence-electron chi connectivity index (χ1n) is 9.14. The predicted octanol–water partition coefficient (Wildman–Crippen LogP) is 5.63. The van der Waals surface area contributed by atoms with Gasteiger partial charge in [0.05, 0.1) is 0 Å². The summed E-state index contributed by atoms with van der Waals surface area (Å²) in [7, 11) is 0. The Hall–Kier alpha value is -0.790. The molecule has 21 heavy (non-hydrogen) atoms. The number of carbonyl (C=O) groups excluding carboxylic acids is 1. The van der Waals surface area contributed by atoms with Gasteiger partial charge in [0.15, 0.2) is 0 Å². The molecule has 0 aromatic heterocycles. The van der Waals surface area contributed by atoms with Crippen LogP contribution in [0.25, 0.3) is 0 Å². The fraction of sp³-hybridized carbons (Fsp3) is 0.842. The van der Waals surface area contributed by atoms with E-state index in [2.05, 4.69) is 25.7 Å². The maximum Gasteiger partial charge on any atom is 0.223 e. The third kappa shape index (κ3) is 12.6. The van der Waals surface area contributed by atoms with E-state index in [1.165, 1.54) is 64.2 Å². The van der Waals surface area contributed by atoms with E-state index in [9.17, 15) is 4.79 Å². The van der Waals surface area contributed by atoms with Crippen molar-refractivity contribution in [3.63, 3.8) is 0 Å². The SMILES string of the molecule is C=CCNC(=O)[C@H](CCCCC)CCCCCCCCC. The molecule has 0 bridgehead atoms. The van der Waals surface area contributed by atoms with Crippen LogP contribution in [0.4, 0.5) is 0 Å². The van der Waals surface area contributed by atoms with Gasteiger partial charge in [-0.1, -0.05) is 84.1 Å². The molecule has 2 nitrogen and oxygen atoms in total. The van der Waals surface area contributed by atoms with Gasteiger partial charge in [-0.05, 0) is 12.8 Å². The summed E-state index contributed by atoms with van der Waals surface area (Å²) in [5, 5.41) is 2.97. The Morgan fingerprint density at radius 3 is 1.95 bits per heavy atom. The van der Waals surface area contributed by atoms with Crippen molar-refractivity contribution < 1.29 is 4.79 Å². The Kier molecular flexibility index (Phi) is 15.0. The second kappa shape index (κ2) is 15.6. The number of nitrogens with one attached hydrogen (secondary N) is 1. The molecule has 1 amide bonds. The van der Waals surface area contributed by atoms with Crippen LogP contribution in [0.1, 0.15) is 90.9 Å². The minimum Gasteiger partial charge on any atom is -0.352 e. The Balaban J connectivity index is 3.86. The van der Waals surface area contributed by atoms with Crippen molar-refractivity contribution in [2.75, 3.05) is 6.54 Å². The topological polar surface area (TPSA) is 29.1 Å². The van der Waals surface area contributed by atoms with E-state index in [0.717, 1.165) is 12.8 Å². The Bertz CT molecular complexity index is 250. The van der Waals surface area contributed by atoms with Crippen LogP contribution in [0.3, 0.4) is 0 Å². The van der Waals surface area contributed by atoms with Gasteiger partial charge in [0.1, 0.15) is 0 Å². The van der Waals surface area contributed by atoms with E-state index in [1.54, 1.807) is 6.08 Å². The van der Waals surface area contributed by atoms with Crippen molar-refractivity contribution in [1.29, 1.82) is 0 Å². The van der Waals surface area contributed by atoms with Gasteiger partial charge in [0.25, 0.3) is 0 Å². The van der Waals surface area contributed by atoms with Crippen LogP contribution >= 0.6 is 0 Å². The molecule has 0 rings (SSSR count). The molecule has 0 spiro atoms. The molecule has 0 aromatic carbocycles. The highest BCUT2D eigenvalue weighted by molar-refractivity contribution is 5.78. The molecule has 0 fully saturated rings. The lowest BCUT2D eigenvalue weighted by molar-refractivity contribution is -0.125. The lowest BCUT2D eigenvalue weighted by Gasteiger charge is -2.16. The maximum absolute atomic E-state index is 12.1. The first-order chi connectivity index (χ1) is 10.3. The average Bonchev–Trinajstić information content (AvgIpc) is 2.50. The second-order valence-corrected chi connectivity index (χ2v) is 6.14. The molecule has 0 aliphatic heterocycles. The minimum absolute atomic E-state index is 0.215. The summed E-state index contributed by atoms with van der Waals surface area (Å²) < 4.78 is 0. The molecular weight excluding hydrogens is 258 g/mol.